The first-order chi connectivity index (χ1) is 8.68. The van der Waals surface area contributed by atoms with Crippen LogP contribution in [-0.2, 0) is 16.0 Å². The number of carbonyl (C=O) groups is 2. The molecule has 94 valence electrons. The maximum Gasteiger partial charge on any atom is 0.250 e. The molecule has 3 rings (SSSR count). The monoisotopic (exact) mass is 244 g/mol. The molecule has 4 heteroatoms. The number of likely N-dealkylation sites (tertiary alicyclic amines) is 1. The molecule has 2 aliphatic rings. The molecule has 1 aromatic rings. The van der Waals surface area contributed by atoms with Gasteiger partial charge in [-0.15, -0.1) is 0 Å². The maximum atomic E-state index is 12.4. The van der Waals surface area contributed by atoms with E-state index in [1.807, 2.05) is 23.1 Å². The van der Waals surface area contributed by atoms with Crippen LogP contribution in [0.15, 0.2) is 24.3 Å². The molecule has 2 heterocycles. The van der Waals surface area contributed by atoms with Gasteiger partial charge in [-0.3, -0.25) is 9.59 Å². The molecule has 0 radical (unpaired) electrons. The third kappa shape index (κ3) is 1.60. The Morgan fingerprint density at radius 1 is 1.33 bits per heavy atom. The molecule has 1 fully saturated rings. The van der Waals surface area contributed by atoms with Crippen LogP contribution in [0.2, 0.25) is 0 Å². The van der Waals surface area contributed by atoms with Gasteiger partial charge in [0.05, 0.1) is 6.42 Å². The van der Waals surface area contributed by atoms with Gasteiger partial charge in [0, 0.05) is 19.3 Å². The zero-order chi connectivity index (χ0) is 12.7. The second-order valence-electron chi connectivity index (χ2n) is 4.95. The predicted molar refractivity (Wildman–Crippen MR) is 68.3 cm³/mol. The minimum atomic E-state index is -0.261. The normalized spacial score (nSPS) is 22.5. The van der Waals surface area contributed by atoms with Crippen molar-refractivity contribution in [3.05, 3.63) is 29.8 Å². The molecular formula is C14H16N2O2. The fourth-order valence-electron chi connectivity index (χ4n) is 2.70. The number of aryl methyl sites for hydroxylation is 1. The van der Waals surface area contributed by atoms with Gasteiger partial charge >= 0.3 is 0 Å². The zero-order valence-corrected chi connectivity index (χ0v) is 10.4. The standard InChI is InChI=1S/C14H16N2O2/c1-15-12(9-13(15)17)14(18)16-8-4-6-10-5-2-3-7-11(10)16/h2-3,5,7,12H,4,6,8-9H2,1H3. The molecule has 0 aromatic heterocycles. The SMILES string of the molecule is CN1C(=O)CC1C(=O)N1CCCc2ccccc21. The first-order valence-corrected chi connectivity index (χ1v) is 6.33. The Labute approximate surface area is 106 Å². The van der Waals surface area contributed by atoms with Crippen LogP contribution in [0.5, 0.6) is 0 Å². The van der Waals surface area contributed by atoms with Gasteiger partial charge in [0.2, 0.25) is 11.8 Å². The van der Waals surface area contributed by atoms with Crippen LogP contribution in [0.4, 0.5) is 5.69 Å². The van der Waals surface area contributed by atoms with Crippen LogP contribution in [0.3, 0.4) is 0 Å². The molecule has 1 saturated heterocycles. The van der Waals surface area contributed by atoms with Gasteiger partial charge < -0.3 is 9.80 Å². The van der Waals surface area contributed by atoms with Crippen molar-refractivity contribution in [3.8, 4) is 0 Å². The van der Waals surface area contributed by atoms with Crippen molar-refractivity contribution >= 4 is 17.5 Å². The van der Waals surface area contributed by atoms with Crippen molar-refractivity contribution in [3.63, 3.8) is 0 Å². The van der Waals surface area contributed by atoms with E-state index in [1.54, 1.807) is 11.9 Å². The Morgan fingerprint density at radius 2 is 2.11 bits per heavy atom. The largest absolute Gasteiger partial charge is 0.333 e. The average molecular weight is 244 g/mol. The summed E-state index contributed by atoms with van der Waals surface area (Å²) in [6, 6.07) is 7.77. The molecule has 4 nitrogen and oxygen atoms in total. The van der Waals surface area contributed by atoms with Crippen LogP contribution in [0.1, 0.15) is 18.4 Å². The van der Waals surface area contributed by atoms with Crippen LogP contribution in [-0.4, -0.2) is 36.3 Å². The van der Waals surface area contributed by atoms with Gasteiger partial charge in [0.15, 0.2) is 0 Å². The van der Waals surface area contributed by atoms with E-state index in [1.165, 1.54) is 5.56 Å². The summed E-state index contributed by atoms with van der Waals surface area (Å²) < 4.78 is 0. The summed E-state index contributed by atoms with van der Waals surface area (Å²) in [6.07, 6.45) is 2.38. The maximum absolute atomic E-state index is 12.4. The van der Waals surface area contributed by atoms with Crippen molar-refractivity contribution in [2.45, 2.75) is 25.3 Å². The van der Waals surface area contributed by atoms with Crippen molar-refractivity contribution < 1.29 is 9.59 Å². The molecule has 0 spiro atoms. The van der Waals surface area contributed by atoms with Gasteiger partial charge in [0.1, 0.15) is 6.04 Å². The fraction of sp³-hybridized carbons (Fsp3) is 0.429. The van der Waals surface area contributed by atoms with Gasteiger partial charge in [-0.1, -0.05) is 18.2 Å². The molecule has 1 unspecified atom stereocenters. The lowest BCUT2D eigenvalue weighted by Crippen LogP contribution is -2.59. The molecular weight excluding hydrogens is 228 g/mol. The molecule has 2 amide bonds. The smallest absolute Gasteiger partial charge is 0.250 e. The van der Waals surface area contributed by atoms with Crippen LogP contribution >= 0.6 is 0 Å². The molecule has 0 N–H and O–H groups in total. The third-order valence-electron chi connectivity index (χ3n) is 3.89. The number of benzene rings is 1. The number of carbonyl (C=O) groups excluding carboxylic acids is 2. The molecule has 18 heavy (non-hydrogen) atoms. The quantitative estimate of drug-likeness (QED) is 0.696. The van der Waals surface area contributed by atoms with E-state index < -0.39 is 0 Å². The topological polar surface area (TPSA) is 40.6 Å². The van der Waals surface area contributed by atoms with Crippen molar-refractivity contribution in [1.29, 1.82) is 0 Å². The van der Waals surface area contributed by atoms with E-state index in [0.717, 1.165) is 25.1 Å². The summed E-state index contributed by atoms with van der Waals surface area (Å²) in [7, 11) is 1.70. The number of para-hydroxylation sites is 1. The number of fused-ring (bicyclic) bond motifs is 1. The van der Waals surface area contributed by atoms with Crippen LogP contribution in [0.25, 0.3) is 0 Å². The van der Waals surface area contributed by atoms with Gasteiger partial charge in [-0.25, -0.2) is 0 Å². The Morgan fingerprint density at radius 3 is 2.83 bits per heavy atom. The molecule has 0 saturated carbocycles. The van der Waals surface area contributed by atoms with E-state index in [4.69, 9.17) is 0 Å². The number of amides is 2. The van der Waals surface area contributed by atoms with Crippen molar-refractivity contribution in [2.75, 3.05) is 18.5 Å². The lowest BCUT2D eigenvalue weighted by atomic mass is 9.97. The number of anilines is 1. The van der Waals surface area contributed by atoms with E-state index in [-0.39, 0.29) is 17.9 Å². The van der Waals surface area contributed by atoms with E-state index in [0.29, 0.717) is 6.42 Å². The highest BCUT2D eigenvalue weighted by Crippen LogP contribution is 2.29. The second kappa shape index (κ2) is 4.12. The fourth-order valence-corrected chi connectivity index (χ4v) is 2.70. The van der Waals surface area contributed by atoms with E-state index >= 15 is 0 Å². The highest BCUT2D eigenvalue weighted by atomic mass is 16.2. The van der Waals surface area contributed by atoms with E-state index in [9.17, 15) is 9.59 Å². The van der Waals surface area contributed by atoms with Crippen molar-refractivity contribution in [1.82, 2.24) is 4.90 Å². The van der Waals surface area contributed by atoms with Gasteiger partial charge in [0.25, 0.3) is 0 Å². The summed E-state index contributed by atoms with van der Waals surface area (Å²) >= 11 is 0. The van der Waals surface area contributed by atoms with Crippen LogP contribution in [0, 0.1) is 0 Å². The highest BCUT2D eigenvalue weighted by molar-refractivity contribution is 6.05. The van der Waals surface area contributed by atoms with E-state index in [2.05, 4.69) is 6.07 Å². The lowest BCUT2D eigenvalue weighted by Gasteiger charge is -2.40. The van der Waals surface area contributed by atoms with Crippen molar-refractivity contribution in [2.24, 2.45) is 0 Å². The lowest BCUT2D eigenvalue weighted by molar-refractivity contribution is -0.150. The number of rotatable bonds is 1. The summed E-state index contributed by atoms with van der Waals surface area (Å²) in [6.45, 7) is 0.758. The minimum absolute atomic E-state index is 0.0543. The number of likely N-dealkylation sites (N-methyl/N-ethyl adjacent to an activating group) is 1. The first kappa shape index (κ1) is 11.3. The number of hydrogen-bond donors (Lipinski definition) is 0. The Bertz CT molecular complexity index is 512. The summed E-state index contributed by atoms with van der Waals surface area (Å²) in [4.78, 5) is 27.0. The average Bonchev–Trinajstić information content (AvgIpc) is 2.43. The molecule has 0 bridgehead atoms. The first-order valence-electron chi connectivity index (χ1n) is 6.33. The van der Waals surface area contributed by atoms with Gasteiger partial charge in [-0.05, 0) is 24.5 Å². The molecule has 1 aromatic carbocycles. The predicted octanol–water partition coefficient (Wildman–Crippen LogP) is 1.20. The Balaban J connectivity index is 1.86. The highest BCUT2D eigenvalue weighted by Gasteiger charge is 2.41. The third-order valence-corrected chi connectivity index (χ3v) is 3.89. The summed E-state index contributed by atoms with van der Waals surface area (Å²) in [5, 5.41) is 0. The zero-order valence-electron chi connectivity index (χ0n) is 10.4. The number of nitrogens with zero attached hydrogens (tertiary/aromatic N) is 2. The second-order valence-corrected chi connectivity index (χ2v) is 4.95. The minimum Gasteiger partial charge on any atom is -0.333 e. The van der Waals surface area contributed by atoms with Crippen LogP contribution < -0.4 is 4.90 Å². The molecule has 1 atom stereocenters. The Kier molecular flexibility index (Phi) is 2.58. The number of hydrogen-bond acceptors (Lipinski definition) is 2. The molecule has 2 aliphatic heterocycles. The summed E-state index contributed by atoms with van der Waals surface area (Å²) in [5.74, 6) is 0.114. The van der Waals surface area contributed by atoms with Gasteiger partial charge in [-0.2, -0.15) is 0 Å². The molecule has 0 aliphatic carbocycles. The summed E-state index contributed by atoms with van der Waals surface area (Å²) in [5.41, 5.74) is 2.24. The number of β-lactam (4-membered cyclic amide) rings is 1. The Hall–Kier alpha value is -1.84.